The van der Waals surface area contributed by atoms with E-state index in [2.05, 4.69) is 29.6 Å². The van der Waals surface area contributed by atoms with Crippen molar-refractivity contribution in [3.8, 4) is 11.5 Å². The minimum Gasteiger partial charge on any atom is -0.494 e. The number of carbonyl (C=O) groups is 1. The second-order valence-corrected chi connectivity index (χ2v) is 7.37. The molecule has 1 aliphatic rings. The molecule has 150 valence electrons. The lowest BCUT2D eigenvalue weighted by Crippen LogP contribution is -2.37. The standard InChI is InChI=1S/C24H31NO3/c1-3-27-22-13-10-19(11-14-22)7-6-16-25-24(26)18(2)28-23-15-12-20-8-4-5-9-21(20)17-23/h10-15,17-18H,3-9,16H2,1-2H3,(H,25,26)/t18-/m0/s1. The van der Waals surface area contributed by atoms with Crippen LogP contribution in [0.25, 0.3) is 0 Å². The molecule has 4 nitrogen and oxygen atoms in total. The van der Waals surface area contributed by atoms with Crippen LogP contribution >= 0.6 is 0 Å². The predicted octanol–water partition coefficient (Wildman–Crippen LogP) is 4.48. The summed E-state index contributed by atoms with van der Waals surface area (Å²) in [6.07, 6.45) is 6.09. The number of hydrogen-bond donors (Lipinski definition) is 1. The van der Waals surface area contributed by atoms with Crippen LogP contribution in [0.1, 0.15) is 49.8 Å². The van der Waals surface area contributed by atoms with Crippen LogP contribution < -0.4 is 14.8 Å². The maximum Gasteiger partial charge on any atom is 0.260 e. The summed E-state index contributed by atoms with van der Waals surface area (Å²) >= 11 is 0. The Morgan fingerprint density at radius 3 is 2.50 bits per heavy atom. The smallest absolute Gasteiger partial charge is 0.260 e. The van der Waals surface area contributed by atoms with E-state index in [0.29, 0.717) is 13.2 Å². The minimum absolute atomic E-state index is 0.0654. The quantitative estimate of drug-likeness (QED) is 0.652. The number of aryl methyl sites for hydroxylation is 3. The van der Waals surface area contributed by atoms with Gasteiger partial charge in [-0.05, 0) is 93.3 Å². The van der Waals surface area contributed by atoms with Gasteiger partial charge in [-0.3, -0.25) is 4.79 Å². The van der Waals surface area contributed by atoms with Crippen LogP contribution in [0.15, 0.2) is 42.5 Å². The van der Waals surface area contributed by atoms with E-state index in [1.165, 1.54) is 29.5 Å². The highest BCUT2D eigenvalue weighted by atomic mass is 16.5. The number of nitrogens with one attached hydrogen (secondary N) is 1. The van der Waals surface area contributed by atoms with Gasteiger partial charge in [-0.25, -0.2) is 0 Å². The van der Waals surface area contributed by atoms with Crippen LogP contribution in [0.3, 0.4) is 0 Å². The number of hydrogen-bond acceptors (Lipinski definition) is 3. The summed E-state index contributed by atoms with van der Waals surface area (Å²) in [6, 6.07) is 14.4. The topological polar surface area (TPSA) is 47.6 Å². The first-order valence-electron chi connectivity index (χ1n) is 10.4. The molecule has 1 amide bonds. The highest BCUT2D eigenvalue weighted by Gasteiger charge is 2.16. The van der Waals surface area contributed by atoms with Gasteiger partial charge < -0.3 is 14.8 Å². The van der Waals surface area contributed by atoms with Gasteiger partial charge >= 0.3 is 0 Å². The fourth-order valence-corrected chi connectivity index (χ4v) is 3.61. The molecule has 0 saturated heterocycles. The SMILES string of the molecule is CCOc1ccc(CCCNC(=O)[C@H](C)Oc2ccc3c(c2)CCCC3)cc1. The Bertz CT molecular complexity index is 770. The van der Waals surface area contributed by atoms with Crippen molar-refractivity contribution in [2.45, 2.75) is 58.5 Å². The molecule has 1 aliphatic carbocycles. The van der Waals surface area contributed by atoms with Gasteiger partial charge in [0.2, 0.25) is 0 Å². The molecule has 0 unspecified atom stereocenters. The average Bonchev–Trinajstić information content (AvgIpc) is 2.72. The molecule has 28 heavy (non-hydrogen) atoms. The lowest BCUT2D eigenvalue weighted by atomic mass is 9.92. The number of benzene rings is 2. The van der Waals surface area contributed by atoms with Crippen LogP contribution in [0.2, 0.25) is 0 Å². The van der Waals surface area contributed by atoms with Gasteiger partial charge in [-0.1, -0.05) is 18.2 Å². The molecule has 4 heteroatoms. The van der Waals surface area contributed by atoms with Crippen molar-refractivity contribution in [2.24, 2.45) is 0 Å². The Labute approximate surface area is 168 Å². The number of rotatable bonds is 9. The minimum atomic E-state index is -0.493. The summed E-state index contributed by atoms with van der Waals surface area (Å²) in [5.74, 6) is 1.62. The molecule has 3 rings (SSSR count). The molecular weight excluding hydrogens is 350 g/mol. The van der Waals surface area contributed by atoms with E-state index in [4.69, 9.17) is 9.47 Å². The molecule has 0 radical (unpaired) electrons. The molecule has 0 saturated carbocycles. The zero-order valence-corrected chi connectivity index (χ0v) is 17.0. The van der Waals surface area contributed by atoms with Crippen molar-refractivity contribution < 1.29 is 14.3 Å². The number of amides is 1. The van der Waals surface area contributed by atoms with E-state index in [-0.39, 0.29) is 5.91 Å². The Kier molecular flexibility index (Phi) is 7.35. The molecule has 0 bridgehead atoms. The van der Waals surface area contributed by atoms with E-state index in [9.17, 15) is 4.79 Å². The van der Waals surface area contributed by atoms with Gasteiger partial charge in [-0.15, -0.1) is 0 Å². The van der Waals surface area contributed by atoms with Crippen molar-refractivity contribution in [1.82, 2.24) is 5.32 Å². The molecule has 0 fully saturated rings. The number of ether oxygens (including phenoxy) is 2. The zero-order valence-electron chi connectivity index (χ0n) is 17.0. The van der Waals surface area contributed by atoms with E-state index >= 15 is 0 Å². The molecule has 0 aromatic heterocycles. The van der Waals surface area contributed by atoms with E-state index in [1.54, 1.807) is 6.92 Å². The predicted molar refractivity (Wildman–Crippen MR) is 112 cm³/mol. The summed E-state index contributed by atoms with van der Waals surface area (Å²) in [4.78, 5) is 12.3. The van der Waals surface area contributed by atoms with Gasteiger partial charge in [0, 0.05) is 6.54 Å². The van der Waals surface area contributed by atoms with Crippen LogP contribution in [-0.4, -0.2) is 25.2 Å². The third-order valence-electron chi connectivity index (χ3n) is 5.18. The van der Waals surface area contributed by atoms with Crippen molar-refractivity contribution in [3.05, 3.63) is 59.2 Å². The molecule has 2 aromatic rings. The Hall–Kier alpha value is -2.49. The molecule has 2 aromatic carbocycles. The Balaban J connectivity index is 1.39. The average molecular weight is 382 g/mol. The number of fused-ring (bicyclic) bond motifs is 1. The van der Waals surface area contributed by atoms with Gasteiger partial charge in [0.05, 0.1) is 6.61 Å². The highest BCUT2D eigenvalue weighted by Crippen LogP contribution is 2.25. The highest BCUT2D eigenvalue weighted by molar-refractivity contribution is 5.80. The maximum absolute atomic E-state index is 12.3. The summed E-state index contributed by atoms with van der Waals surface area (Å²) in [5.41, 5.74) is 4.03. The van der Waals surface area contributed by atoms with E-state index < -0.39 is 6.10 Å². The van der Waals surface area contributed by atoms with Crippen molar-refractivity contribution in [3.63, 3.8) is 0 Å². The largest absolute Gasteiger partial charge is 0.494 e. The third-order valence-corrected chi connectivity index (χ3v) is 5.18. The van der Waals surface area contributed by atoms with Crippen LogP contribution in [0, 0.1) is 0 Å². The van der Waals surface area contributed by atoms with Crippen molar-refractivity contribution in [2.75, 3.05) is 13.2 Å². The lowest BCUT2D eigenvalue weighted by molar-refractivity contribution is -0.127. The van der Waals surface area contributed by atoms with Crippen molar-refractivity contribution in [1.29, 1.82) is 0 Å². The second kappa shape index (κ2) is 10.2. The second-order valence-electron chi connectivity index (χ2n) is 7.37. The molecule has 1 N–H and O–H groups in total. The van der Waals surface area contributed by atoms with Crippen LogP contribution in [0.5, 0.6) is 11.5 Å². The fourth-order valence-electron chi connectivity index (χ4n) is 3.61. The summed E-state index contributed by atoms with van der Waals surface area (Å²) < 4.78 is 11.3. The first-order valence-corrected chi connectivity index (χ1v) is 10.4. The van der Waals surface area contributed by atoms with Crippen LogP contribution in [-0.2, 0) is 24.1 Å². The summed E-state index contributed by atoms with van der Waals surface area (Å²) in [5, 5.41) is 2.98. The Morgan fingerprint density at radius 1 is 1.04 bits per heavy atom. The summed E-state index contributed by atoms with van der Waals surface area (Å²) in [6.45, 7) is 5.11. The molecule has 0 heterocycles. The monoisotopic (exact) mass is 381 g/mol. The molecular formula is C24H31NO3. The van der Waals surface area contributed by atoms with Gasteiger partial charge in [0.25, 0.3) is 5.91 Å². The normalized spacial score (nSPS) is 14.1. The maximum atomic E-state index is 12.3. The number of carbonyl (C=O) groups excluding carboxylic acids is 1. The molecule has 0 spiro atoms. The first-order chi connectivity index (χ1) is 13.7. The fraction of sp³-hybridized carbons (Fsp3) is 0.458. The van der Waals surface area contributed by atoms with Gasteiger partial charge in [-0.2, -0.15) is 0 Å². The van der Waals surface area contributed by atoms with Crippen molar-refractivity contribution >= 4 is 5.91 Å². The molecule has 0 aliphatic heterocycles. The van der Waals surface area contributed by atoms with Gasteiger partial charge in [0.15, 0.2) is 6.10 Å². The van der Waals surface area contributed by atoms with E-state index in [0.717, 1.165) is 37.2 Å². The van der Waals surface area contributed by atoms with Gasteiger partial charge in [0.1, 0.15) is 11.5 Å². The zero-order chi connectivity index (χ0) is 19.8. The first kappa shape index (κ1) is 20.2. The van der Waals surface area contributed by atoms with E-state index in [1.807, 2.05) is 25.1 Å². The van der Waals surface area contributed by atoms with Crippen LogP contribution in [0.4, 0.5) is 0 Å². The third kappa shape index (κ3) is 5.75. The summed E-state index contributed by atoms with van der Waals surface area (Å²) in [7, 11) is 0. The molecule has 1 atom stereocenters. The Morgan fingerprint density at radius 2 is 1.75 bits per heavy atom. The lowest BCUT2D eigenvalue weighted by Gasteiger charge is -2.19.